The van der Waals surface area contributed by atoms with Gasteiger partial charge < -0.3 is 13.9 Å². The number of fused-ring (bicyclic) bond motifs is 2. The number of amides is 1. The molecule has 1 unspecified atom stereocenters. The fourth-order valence-corrected chi connectivity index (χ4v) is 4.35. The molecule has 1 atom stereocenters. The number of aromatic nitrogens is 3. The first-order chi connectivity index (χ1) is 13.2. The van der Waals surface area contributed by atoms with Crippen LogP contribution in [0, 0.1) is 13.8 Å². The van der Waals surface area contributed by atoms with Crippen molar-refractivity contribution in [3.63, 3.8) is 0 Å². The lowest BCUT2D eigenvalue weighted by atomic mass is 9.87. The Kier molecular flexibility index (Phi) is 4.03. The molecule has 0 saturated carbocycles. The van der Waals surface area contributed by atoms with Crippen molar-refractivity contribution in [1.82, 2.24) is 18.9 Å². The van der Waals surface area contributed by atoms with Gasteiger partial charge in [-0.15, -0.1) is 0 Å². The van der Waals surface area contributed by atoms with Gasteiger partial charge in [0, 0.05) is 60.8 Å². The number of hydrogen-bond acceptors (Lipinski definition) is 3. The van der Waals surface area contributed by atoms with Crippen LogP contribution in [0.3, 0.4) is 0 Å². The zero-order chi connectivity index (χ0) is 20.2. The van der Waals surface area contributed by atoms with E-state index in [4.69, 9.17) is 0 Å². The summed E-state index contributed by atoms with van der Waals surface area (Å²) in [4.78, 5) is 31.1. The molecule has 1 aliphatic heterocycles. The van der Waals surface area contributed by atoms with E-state index in [1.807, 2.05) is 42.9 Å². The largest absolute Gasteiger partial charge is 0.321 e. The summed E-state index contributed by atoms with van der Waals surface area (Å²) < 4.78 is 4.11. The van der Waals surface area contributed by atoms with E-state index in [0.29, 0.717) is 12.0 Å². The summed E-state index contributed by atoms with van der Waals surface area (Å²) in [5.74, 6) is -0.0228. The molecule has 28 heavy (non-hydrogen) atoms. The first-order valence-electron chi connectivity index (χ1n) is 9.37. The maximum Gasteiger partial charge on any atom is 0.224 e. The number of aryl methyl sites for hydroxylation is 2. The lowest BCUT2D eigenvalue weighted by Gasteiger charge is -2.42. The molecule has 1 amide bonds. The zero-order valence-corrected chi connectivity index (χ0v) is 16.9. The molecular weight excluding hydrogens is 352 g/mol. The second-order valence-electron chi connectivity index (χ2n) is 7.72. The van der Waals surface area contributed by atoms with E-state index in [2.05, 4.69) is 28.6 Å². The van der Waals surface area contributed by atoms with E-state index in [9.17, 15) is 9.59 Å². The number of carbonyl (C=O) groups is 2. The summed E-state index contributed by atoms with van der Waals surface area (Å²) in [5.41, 5.74) is 4.79. The van der Waals surface area contributed by atoms with Gasteiger partial charge >= 0.3 is 0 Å². The van der Waals surface area contributed by atoms with Crippen molar-refractivity contribution in [3.05, 3.63) is 65.1 Å². The Morgan fingerprint density at radius 1 is 1.11 bits per heavy atom. The van der Waals surface area contributed by atoms with Gasteiger partial charge in [0.15, 0.2) is 5.78 Å². The molecule has 0 fully saturated rings. The fraction of sp³-hybridized carbons (Fsp3) is 0.318. The van der Waals surface area contributed by atoms with E-state index in [1.165, 1.54) is 0 Å². The average molecular weight is 376 g/mol. The van der Waals surface area contributed by atoms with Crippen LogP contribution in [-0.2, 0) is 16.8 Å². The predicted molar refractivity (Wildman–Crippen MR) is 108 cm³/mol. The van der Waals surface area contributed by atoms with Gasteiger partial charge in [-0.05, 0) is 45.9 Å². The Balaban J connectivity index is 1.93. The van der Waals surface area contributed by atoms with Gasteiger partial charge in [0.1, 0.15) is 0 Å². The van der Waals surface area contributed by atoms with Gasteiger partial charge in [-0.3, -0.25) is 14.6 Å². The molecule has 0 saturated heterocycles. The third-order valence-corrected chi connectivity index (χ3v) is 5.75. The number of carbonyl (C=O) groups excluding carboxylic acids is 2. The lowest BCUT2D eigenvalue weighted by molar-refractivity contribution is -0.131. The van der Waals surface area contributed by atoms with E-state index < -0.39 is 5.54 Å². The highest BCUT2D eigenvalue weighted by Crippen LogP contribution is 2.38. The van der Waals surface area contributed by atoms with E-state index >= 15 is 0 Å². The molecule has 0 spiro atoms. The number of ketones is 1. The first kappa shape index (κ1) is 18.2. The van der Waals surface area contributed by atoms with Crippen LogP contribution < -0.4 is 0 Å². The third kappa shape index (κ3) is 2.52. The fourth-order valence-electron chi connectivity index (χ4n) is 4.35. The standard InChI is InChI=1S/C22H24N4O2/c1-14-6-7-20-22(5,26(17(4)28)11-10-24(14)20)13-19-21-18(16(3)27)12-15(2)25(21)9-8-23-19/h6-12H,13H2,1-5H3. The van der Waals surface area contributed by atoms with Gasteiger partial charge in [-0.1, -0.05) is 0 Å². The van der Waals surface area contributed by atoms with Crippen molar-refractivity contribution in [2.45, 2.75) is 46.6 Å². The molecule has 6 nitrogen and oxygen atoms in total. The Bertz CT molecular complexity index is 1150. The number of Topliss-reactive ketones (excluding diaryl/α,β-unsaturated/α-hetero) is 1. The quantitative estimate of drug-likeness (QED) is 0.655. The topological polar surface area (TPSA) is 59.6 Å². The molecule has 0 radical (unpaired) electrons. The molecule has 0 aliphatic carbocycles. The van der Waals surface area contributed by atoms with E-state index in [1.54, 1.807) is 24.9 Å². The first-order valence-corrected chi connectivity index (χ1v) is 9.37. The third-order valence-electron chi connectivity index (χ3n) is 5.75. The van der Waals surface area contributed by atoms with Crippen molar-refractivity contribution in [2.75, 3.05) is 0 Å². The summed E-state index contributed by atoms with van der Waals surface area (Å²) in [7, 11) is 0. The van der Waals surface area contributed by atoms with Gasteiger partial charge in [0.25, 0.3) is 0 Å². The average Bonchev–Trinajstić information content (AvgIpc) is 3.17. The lowest BCUT2D eigenvalue weighted by Crippen LogP contribution is -2.48. The molecule has 3 aromatic heterocycles. The van der Waals surface area contributed by atoms with Crippen molar-refractivity contribution in [3.8, 4) is 0 Å². The molecule has 0 N–H and O–H groups in total. The molecule has 0 bridgehead atoms. The van der Waals surface area contributed by atoms with E-state index in [0.717, 1.165) is 28.3 Å². The second kappa shape index (κ2) is 6.19. The molecule has 144 valence electrons. The number of hydrogen-bond donors (Lipinski definition) is 0. The summed E-state index contributed by atoms with van der Waals surface area (Å²) in [6.07, 6.45) is 7.87. The summed E-state index contributed by atoms with van der Waals surface area (Å²) in [5, 5.41) is 0. The van der Waals surface area contributed by atoms with Gasteiger partial charge in [0.2, 0.25) is 5.91 Å². The number of rotatable bonds is 3. The van der Waals surface area contributed by atoms with Gasteiger partial charge in [-0.25, -0.2) is 0 Å². The van der Waals surface area contributed by atoms with Gasteiger partial charge in [-0.2, -0.15) is 0 Å². The molecular formula is C22H24N4O2. The Morgan fingerprint density at radius 2 is 1.86 bits per heavy atom. The maximum atomic E-state index is 12.4. The molecule has 6 heteroatoms. The normalized spacial score (nSPS) is 18.5. The van der Waals surface area contributed by atoms with Crippen LogP contribution in [0.15, 0.2) is 36.8 Å². The van der Waals surface area contributed by atoms with Crippen molar-refractivity contribution in [1.29, 1.82) is 0 Å². The monoisotopic (exact) mass is 376 g/mol. The van der Waals surface area contributed by atoms with Crippen LogP contribution in [0.4, 0.5) is 0 Å². The molecule has 0 aromatic carbocycles. The van der Waals surface area contributed by atoms with Crippen molar-refractivity contribution >= 4 is 23.4 Å². The summed E-state index contributed by atoms with van der Waals surface area (Å²) >= 11 is 0. The Morgan fingerprint density at radius 3 is 2.54 bits per heavy atom. The second-order valence-corrected chi connectivity index (χ2v) is 7.72. The zero-order valence-electron chi connectivity index (χ0n) is 16.9. The molecule has 4 rings (SSSR count). The molecule has 1 aliphatic rings. The van der Waals surface area contributed by atoms with Crippen LogP contribution in [0.1, 0.15) is 53.9 Å². The van der Waals surface area contributed by atoms with Crippen LogP contribution in [0.2, 0.25) is 0 Å². The van der Waals surface area contributed by atoms with Crippen molar-refractivity contribution < 1.29 is 9.59 Å². The van der Waals surface area contributed by atoms with Gasteiger partial charge in [0.05, 0.1) is 16.7 Å². The Hall–Kier alpha value is -3.15. The smallest absolute Gasteiger partial charge is 0.224 e. The minimum atomic E-state index is -0.615. The predicted octanol–water partition coefficient (Wildman–Crippen LogP) is 3.70. The molecule has 3 aromatic rings. The summed E-state index contributed by atoms with van der Waals surface area (Å²) in [6, 6.07) is 6.02. The van der Waals surface area contributed by atoms with Crippen molar-refractivity contribution in [2.24, 2.45) is 0 Å². The minimum absolute atomic E-state index is 0.0104. The van der Waals surface area contributed by atoms with Crippen LogP contribution >= 0.6 is 0 Å². The van der Waals surface area contributed by atoms with E-state index in [-0.39, 0.29) is 11.7 Å². The Labute approximate surface area is 164 Å². The highest BCUT2D eigenvalue weighted by atomic mass is 16.2. The van der Waals surface area contributed by atoms with Crippen LogP contribution in [-0.4, -0.2) is 30.5 Å². The summed E-state index contributed by atoms with van der Waals surface area (Å²) in [6.45, 7) is 9.22. The number of nitrogens with zero attached hydrogens (tertiary/aromatic N) is 4. The SMILES string of the molecule is CC(=O)c1cc(C)n2ccnc(CC3(C)c4ccc(C)n4C=CN3C(C)=O)c12. The highest BCUT2D eigenvalue weighted by molar-refractivity contribution is 6.02. The van der Waals surface area contributed by atoms with Crippen LogP contribution in [0.5, 0.6) is 0 Å². The minimum Gasteiger partial charge on any atom is -0.321 e. The molecule has 4 heterocycles. The maximum absolute atomic E-state index is 12.4. The highest BCUT2D eigenvalue weighted by Gasteiger charge is 2.40. The van der Waals surface area contributed by atoms with Crippen LogP contribution in [0.25, 0.3) is 11.7 Å².